The number of rotatable bonds is 13. The summed E-state index contributed by atoms with van der Waals surface area (Å²) < 4.78 is 69.9. The van der Waals surface area contributed by atoms with Crippen LogP contribution in [0.3, 0.4) is 0 Å². The van der Waals surface area contributed by atoms with Gasteiger partial charge in [0.1, 0.15) is 23.6 Å². The minimum Gasteiger partial charge on any atom is -0.395 e. The zero-order valence-corrected chi connectivity index (χ0v) is 25.2. The molecule has 18 heteroatoms. The lowest BCUT2D eigenvalue weighted by atomic mass is 9.96. The molecule has 0 aliphatic carbocycles. The predicted molar refractivity (Wildman–Crippen MR) is 156 cm³/mol. The number of aromatic nitrogens is 2. The maximum Gasteiger partial charge on any atom is 0.416 e. The van der Waals surface area contributed by atoms with E-state index in [-0.39, 0.29) is 43.9 Å². The van der Waals surface area contributed by atoms with Crippen molar-refractivity contribution in [1.82, 2.24) is 14.6 Å². The number of nitrogen functional groups attached to an aromatic ring is 1. The van der Waals surface area contributed by atoms with Crippen LogP contribution in [0.25, 0.3) is 0 Å². The Bertz CT molecular complexity index is 1380. The van der Waals surface area contributed by atoms with E-state index >= 15 is 0 Å². The van der Waals surface area contributed by atoms with Crippen LogP contribution in [0.15, 0.2) is 41.3 Å². The third-order valence-electron chi connectivity index (χ3n) is 6.55. The molecular formula is C26H38F3N4O9PS. The van der Waals surface area contributed by atoms with Gasteiger partial charge in [-0.05, 0) is 44.5 Å². The van der Waals surface area contributed by atoms with Gasteiger partial charge in [0.25, 0.3) is 0 Å². The fraction of sp³-hybridized carbons (Fsp3) is 0.577. The molecule has 1 unspecified atom stereocenters. The molecule has 0 saturated carbocycles. The van der Waals surface area contributed by atoms with E-state index in [9.17, 15) is 42.6 Å². The van der Waals surface area contributed by atoms with E-state index in [0.29, 0.717) is 5.56 Å². The summed E-state index contributed by atoms with van der Waals surface area (Å²) in [5.74, 6) is -0.0550. The maximum atomic E-state index is 13.6. The average molecular weight is 671 g/mol. The second-order valence-electron chi connectivity index (χ2n) is 10.6. The molecule has 2 heterocycles. The van der Waals surface area contributed by atoms with Gasteiger partial charge in [0, 0.05) is 18.5 Å². The van der Waals surface area contributed by atoms with Gasteiger partial charge < -0.3 is 25.8 Å². The number of thioether (sulfide) groups is 1. The van der Waals surface area contributed by atoms with Crippen molar-refractivity contribution in [2.45, 2.75) is 65.0 Å². The van der Waals surface area contributed by atoms with Crippen LogP contribution in [-0.2, 0) is 35.9 Å². The number of hydrogen-bond donors (Lipinski definition) is 5. The van der Waals surface area contributed by atoms with E-state index in [0.717, 1.165) is 28.5 Å². The highest BCUT2D eigenvalue weighted by Crippen LogP contribution is 2.46. The molecule has 1 aromatic carbocycles. The number of benzene rings is 1. The molecule has 44 heavy (non-hydrogen) atoms. The molecule has 5 atom stereocenters. The SMILES string of the molecule is C.CC(C)(CO)C(=O)SCCOP(=O)(NCc1ccc(C(F)(F)F)cc1)OC[C@H]1O[C@@H](n2ccc(N)nc2=O)[C@](C)(O)[C@@H]1O. The van der Waals surface area contributed by atoms with Crippen LogP contribution in [0, 0.1) is 5.41 Å². The van der Waals surface area contributed by atoms with Gasteiger partial charge in [-0.2, -0.15) is 18.2 Å². The van der Waals surface area contributed by atoms with Crippen LogP contribution in [0.1, 0.15) is 45.6 Å². The highest BCUT2D eigenvalue weighted by atomic mass is 32.2. The van der Waals surface area contributed by atoms with E-state index in [1.54, 1.807) is 13.8 Å². The van der Waals surface area contributed by atoms with Gasteiger partial charge >= 0.3 is 19.6 Å². The standard InChI is InChI=1S/C25H34F3N4O9PS.CH4/c1-23(2,14-33)21(35)43-11-10-39-42(38,30-12-15-4-6-16(7-5-15)25(26,27)28)40-13-17-19(34)24(3,37)20(41-17)32-9-8-18(29)31-22(32)36;/h4-9,17,19-20,33-34,37H,10-14H2,1-3H3,(H,30,38)(H2,29,31,36);1H4/t17-,19-,20-,24-,42?;/m1./s1. The summed E-state index contributed by atoms with van der Waals surface area (Å²) in [6.45, 7) is 2.77. The number of anilines is 1. The monoisotopic (exact) mass is 670 g/mol. The predicted octanol–water partition coefficient (Wildman–Crippen LogP) is 2.70. The van der Waals surface area contributed by atoms with Crippen molar-refractivity contribution in [3.05, 3.63) is 58.1 Å². The molecule has 1 fully saturated rings. The average Bonchev–Trinajstić information content (AvgIpc) is 3.16. The molecule has 2 aromatic rings. The van der Waals surface area contributed by atoms with Crippen LogP contribution < -0.4 is 16.5 Å². The molecule has 6 N–H and O–H groups in total. The van der Waals surface area contributed by atoms with Crippen LogP contribution in [0.5, 0.6) is 0 Å². The number of ether oxygens (including phenoxy) is 1. The summed E-state index contributed by atoms with van der Waals surface area (Å²) in [6.07, 6.45) is -7.71. The van der Waals surface area contributed by atoms with E-state index < -0.39 is 61.2 Å². The first kappa shape index (κ1) is 37.8. The van der Waals surface area contributed by atoms with Crippen molar-refractivity contribution in [1.29, 1.82) is 0 Å². The Labute approximate surface area is 256 Å². The summed E-state index contributed by atoms with van der Waals surface area (Å²) in [6, 6.07) is 5.35. The van der Waals surface area contributed by atoms with Gasteiger partial charge in [0.2, 0.25) is 0 Å². The Morgan fingerprint density at radius 1 is 1.25 bits per heavy atom. The molecule has 3 rings (SSSR count). The molecular weight excluding hydrogens is 632 g/mol. The first-order valence-corrected chi connectivity index (χ1v) is 15.4. The molecule has 0 radical (unpaired) electrons. The van der Waals surface area contributed by atoms with Gasteiger partial charge in [-0.1, -0.05) is 31.3 Å². The second kappa shape index (κ2) is 14.8. The first-order chi connectivity index (χ1) is 19.9. The molecule has 1 aromatic heterocycles. The third kappa shape index (κ3) is 9.34. The van der Waals surface area contributed by atoms with Crippen molar-refractivity contribution in [3.8, 4) is 0 Å². The minimum absolute atomic E-state index is 0. The van der Waals surface area contributed by atoms with Gasteiger partial charge in [-0.3, -0.25) is 18.4 Å². The topological polar surface area (TPSA) is 195 Å². The number of halogens is 3. The van der Waals surface area contributed by atoms with Crippen LogP contribution >= 0.6 is 19.5 Å². The highest BCUT2D eigenvalue weighted by Gasteiger charge is 2.54. The second-order valence-corrected chi connectivity index (χ2v) is 13.5. The molecule has 0 bridgehead atoms. The number of carbonyl (C=O) groups excluding carboxylic acids is 1. The van der Waals surface area contributed by atoms with Crippen molar-refractivity contribution >= 4 is 30.4 Å². The zero-order chi connectivity index (χ0) is 32.2. The van der Waals surface area contributed by atoms with Gasteiger partial charge in [0.05, 0.1) is 30.8 Å². The van der Waals surface area contributed by atoms with Gasteiger partial charge in [-0.15, -0.1) is 0 Å². The van der Waals surface area contributed by atoms with Crippen molar-refractivity contribution in [3.63, 3.8) is 0 Å². The number of carbonyl (C=O) groups is 1. The van der Waals surface area contributed by atoms with Crippen LogP contribution in [0.4, 0.5) is 19.0 Å². The Balaban J connectivity index is 0.00000675. The molecule has 0 spiro atoms. The normalized spacial score (nSPS) is 23.6. The summed E-state index contributed by atoms with van der Waals surface area (Å²) in [5.41, 5.74) is 1.05. The molecule has 1 aliphatic rings. The zero-order valence-electron chi connectivity index (χ0n) is 23.5. The number of nitrogens with two attached hydrogens (primary N) is 1. The summed E-state index contributed by atoms with van der Waals surface area (Å²) >= 11 is 0.831. The van der Waals surface area contributed by atoms with E-state index in [2.05, 4.69) is 10.1 Å². The highest BCUT2D eigenvalue weighted by molar-refractivity contribution is 8.13. The molecule has 13 nitrogen and oxygen atoms in total. The number of nitrogens with one attached hydrogen (secondary N) is 1. The fourth-order valence-corrected chi connectivity index (χ4v) is 6.07. The maximum absolute atomic E-state index is 13.6. The Kier molecular flexibility index (Phi) is 12.8. The van der Waals surface area contributed by atoms with Crippen molar-refractivity contribution in [2.75, 3.05) is 31.3 Å². The summed E-state index contributed by atoms with van der Waals surface area (Å²) in [5, 5.41) is 33.2. The van der Waals surface area contributed by atoms with Gasteiger partial charge in [-0.25, -0.2) is 14.4 Å². The Morgan fingerprint density at radius 3 is 2.45 bits per heavy atom. The lowest BCUT2D eigenvalue weighted by Crippen LogP contribution is -2.46. The smallest absolute Gasteiger partial charge is 0.395 e. The first-order valence-electron chi connectivity index (χ1n) is 12.9. The molecule has 0 amide bonds. The van der Waals surface area contributed by atoms with Crippen molar-refractivity contribution in [2.24, 2.45) is 5.41 Å². The molecule has 248 valence electrons. The van der Waals surface area contributed by atoms with E-state index in [4.69, 9.17) is 19.5 Å². The minimum atomic E-state index is -4.54. The summed E-state index contributed by atoms with van der Waals surface area (Å²) in [4.78, 5) is 28.1. The van der Waals surface area contributed by atoms with E-state index in [1.165, 1.54) is 31.3 Å². The van der Waals surface area contributed by atoms with E-state index in [1.807, 2.05) is 0 Å². The lowest BCUT2D eigenvalue weighted by Gasteiger charge is -2.27. The number of aliphatic hydroxyl groups excluding tert-OH is 2. The van der Waals surface area contributed by atoms with Crippen molar-refractivity contribution < 1.29 is 51.6 Å². The largest absolute Gasteiger partial charge is 0.416 e. The number of hydrogen-bond acceptors (Lipinski definition) is 12. The fourth-order valence-electron chi connectivity index (χ4n) is 3.83. The number of nitrogens with zero attached hydrogens (tertiary/aromatic N) is 2. The van der Waals surface area contributed by atoms with Crippen LogP contribution in [0.2, 0.25) is 0 Å². The third-order valence-corrected chi connectivity index (χ3v) is 9.29. The lowest BCUT2D eigenvalue weighted by molar-refractivity contribution is -0.137. The number of aliphatic hydroxyl groups is 3. The molecule has 1 aliphatic heterocycles. The Morgan fingerprint density at radius 2 is 1.89 bits per heavy atom. The van der Waals surface area contributed by atoms with Gasteiger partial charge in [0.15, 0.2) is 11.3 Å². The molecule has 1 saturated heterocycles. The van der Waals surface area contributed by atoms with Crippen LogP contribution in [-0.4, -0.2) is 73.4 Å². The quantitative estimate of drug-likeness (QED) is 0.154. The Hall–Kier alpha value is -2.34. The summed E-state index contributed by atoms with van der Waals surface area (Å²) in [7, 11) is -4.28. The number of alkyl halides is 3.